The molecular formula is C26H38N4O. The molecule has 1 amide bonds. The lowest BCUT2D eigenvalue weighted by atomic mass is 9.83. The quantitative estimate of drug-likeness (QED) is 0.647. The number of carbonyl (C=O) groups is 1. The predicted molar refractivity (Wildman–Crippen MR) is 125 cm³/mol. The zero-order chi connectivity index (χ0) is 21.5. The van der Waals surface area contributed by atoms with Gasteiger partial charge >= 0.3 is 0 Å². The number of hydrogen-bond acceptors (Lipinski definition) is 3. The summed E-state index contributed by atoms with van der Waals surface area (Å²) in [5.74, 6) is 1.51. The Kier molecular flexibility index (Phi) is 7.79. The number of carbonyl (C=O) groups excluding carboxylic acids is 1. The molecule has 2 fully saturated rings. The highest BCUT2D eigenvalue weighted by atomic mass is 16.1. The van der Waals surface area contributed by atoms with Gasteiger partial charge in [-0.2, -0.15) is 5.10 Å². The Morgan fingerprint density at radius 1 is 1.13 bits per heavy atom. The van der Waals surface area contributed by atoms with Gasteiger partial charge in [0.1, 0.15) is 0 Å². The summed E-state index contributed by atoms with van der Waals surface area (Å²) in [6, 6.07) is 9.94. The topological polar surface area (TPSA) is 50.2 Å². The van der Waals surface area contributed by atoms with Crippen LogP contribution in [0, 0.1) is 11.8 Å². The molecule has 0 bridgehead atoms. The minimum absolute atomic E-state index is 0.0587. The van der Waals surface area contributed by atoms with Gasteiger partial charge in [-0.3, -0.25) is 4.79 Å². The van der Waals surface area contributed by atoms with Gasteiger partial charge in [-0.25, -0.2) is 4.68 Å². The van der Waals surface area contributed by atoms with Gasteiger partial charge < -0.3 is 10.2 Å². The molecule has 5 heteroatoms. The van der Waals surface area contributed by atoms with E-state index in [0.29, 0.717) is 12.0 Å². The van der Waals surface area contributed by atoms with Crippen LogP contribution in [-0.2, 0) is 0 Å². The molecule has 1 aliphatic heterocycles. The molecule has 4 rings (SSSR count). The van der Waals surface area contributed by atoms with E-state index in [1.165, 1.54) is 64.5 Å². The fourth-order valence-corrected chi connectivity index (χ4v) is 5.43. The van der Waals surface area contributed by atoms with Crippen LogP contribution in [0.4, 0.5) is 0 Å². The number of nitrogens with zero attached hydrogens (tertiary/aromatic N) is 3. The molecule has 1 saturated heterocycles. The molecule has 168 valence electrons. The molecule has 0 radical (unpaired) electrons. The van der Waals surface area contributed by atoms with E-state index in [1.54, 1.807) is 6.20 Å². The molecule has 0 spiro atoms. The van der Waals surface area contributed by atoms with E-state index in [9.17, 15) is 4.79 Å². The Hall–Kier alpha value is -2.14. The maximum atomic E-state index is 13.0. The Bertz CT molecular complexity index is 801. The second kappa shape index (κ2) is 10.9. The van der Waals surface area contributed by atoms with Crippen LogP contribution in [0.25, 0.3) is 5.69 Å². The fourth-order valence-electron chi connectivity index (χ4n) is 5.43. The number of rotatable bonds is 8. The number of likely N-dealkylation sites (tertiary alicyclic amines) is 1. The number of nitrogens with one attached hydrogen (secondary N) is 1. The van der Waals surface area contributed by atoms with E-state index < -0.39 is 0 Å². The number of unbranched alkanes of at least 4 members (excludes halogenated alkanes) is 1. The van der Waals surface area contributed by atoms with Gasteiger partial charge in [0.25, 0.3) is 5.91 Å². The second-order valence-corrected chi connectivity index (χ2v) is 9.53. The highest BCUT2D eigenvalue weighted by molar-refractivity contribution is 5.94. The lowest BCUT2D eigenvalue weighted by Crippen LogP contribution is -2.48. The van der Waals surface area contributed by atoms with Crippen LogP contribution in [0.1, 0.15) is 75.1 Å². The maximum Gasteiger partial charge on any atom is 0.251 e. The molecule has 31 heavy (non-hydrogen) atoms. The molecule has 1 aromatic heterocycles. The number of amides is 1. The lowest BCUT2D eigenvalue weighted by Gasteiger charge is -2.39. The molecule has 1 saturated carbocycles. The van der Waals surface area contributed by atoms with Crippen molar-refractivity contribution in [1.29, 1.82) is 0 Å². The SMILES string of the molecule is CCCCC1CCCN(CC2CCCCC2NC(=O)c2ccc(-n3cccn3)cc2)C1. The lowest BCUT2D eigenvalue weighted by molar-refractivity contribution is 0.0853. The molecule has 3 unspecified atom stereocenters. The van der Waals surface area contributed by atoms with Crippen LogP contribution in [0.2, 0.25) is 0 Å². The number of aromatic nitrogens is 2. The van der Waals surface area contributed by atoms with Crippen molar-refractivity contribution >= 4 is 5.91 Å². The van der Waals surface area contributed by atoms with Crippen molar-refractivity contribution in [2.45, 2.75) is 70.8 Å². The van der Waals surface area contributed by atoms with Crippen LogP contribution in [0.5, 0.6) is 0 Å². The van der Waals surface area contributed by atoms with Gasteiger partial charge in [-0.15, -0.1) is 0 Å². The Morgan fingerprint density at radius 3 is 2.74 bits per heavy atom. The van der Waals surface area contributed by atoms with Crippen molar-refractivity contribution < 1.29 is 4.79 Å². The summed E-state index contributed by atoms with van der Waals surface area (Å²) in [5, 5.41) is 7.64. The number of hydrogen-bond donors (Lipinski definition) is 1. The predicted octanol–water partition coefficient (Wildman–Crippen LogP) is 5.06. The van der Waals surface area contributed by atoms with E-state index in [1.807, 2.05) is 41.2 Å². The zero-order valence-corrected chi connectivity index (χ0v) is 19.0. The van der Waals surface area contributed by atoms with Gasteiger partial charge in [-0.1, -0.05) is 32.6 Å². The summed E-state index contributed by atoms with van der Waals surface area (Å²) in [5.41, 5.74) is 1.71. The number of benzene rings is 1. The summed E-state index contributed by atoms with van der Waals surface area (Å²) in [6.45, 7) is 5.92. The van der Waals surface area contributed by atoms with Crippen molar-refractivity contribution in [3.8, 4) is 5.69 Å². The van der Waals surface area contributed by atoms with Gasteiger partial charge in [0.2, 0.25) is 0 Å². The van der Waals surface area contributed by atoms with Crippen LogP contribution >= 0.6 is 0 Å². The average molecular weight is 423 g/mol. The monoisotopic (exact) mass is 422 g/mol. The second-order valence-electron chi connectivity index (χ2n) is 9.53. The standard InChI is InChI=1S/C26H38N4O/c1-2-3-8-21-9-6-17-29(19-21)20-23-10-4-5-11-25(23)28-26(31)22-12-14-24(15-13-22)30-18-7-16-27-30/h7,12-16,18,21,23,25H,2-6,8-11,17,19-20H2,1H3,(H,28,31). The largest absolute Gasteiger partial charge is 0.349 e. The molecule has 2 aromatic rings. The minimum atomic E-state index is 0.0587. The molecule has 1 aliphatic carbocycles. The smallest absolute Gasteiger partial charge is 0.251 e. The summed E-state index contributed by atoms with van der Waals surface area (Å²) in [7, 11) is 0. The molecule has 2 heterocycles. The highest BCUT2D eigenvalue weighted by Crippen LogP contribution is 2.28. The van der Waals surface area contributed by atoms with Crippen LogP contribution in [0.3, 0.4) is 0 Å². The fraction of sp³-hybridized carbons (Fsp3) is 0.615. The summed E-state index contributed by atoms with van der Waals surface area (Å²) in [4.78, 5) is 15.7. The van der Waals surface area contributed by atoms with Crippen LogP contribution in [0.15, 0.2) is 42.7 Å². The molecule has 3 atom stereocenters. The van der Waals surface area contributed by atoms with E-state index in [-0.39, 0.29) is 5.91 Å². The van der Waals surface area contributed by atoms with Gasteiger partial charge in [0.15, 0.2) is 0 Å². The normalized spacial score (nSPS) is 24.7. The van der Waals surface area contributed by atoms with Crippen molar-refractivity contribution in [1.82, 2.24) is 20.0 Å². The van der Waals surface area contributed by atoms with Crippen molar-refractivity contribution in [2.75, 3.05) is 19.6 Å². The first-order valence-corrected chi connectivity index (χ1v) is 12.4. The summed E-state index contributed by atoms with van der Waals surface area (Å²) >= 11 is 0. The average Bonchev–Trinajstić information content (AvgIpc) is 3.34. The molecule has 1 aromatic carbocycles. The third kappa shape index (κ3) is 5.97. The molecule has 2 aliphatic rings. The van der Waals surface area contributed by atoms with E-state index >= 15 is 0 Å². The highest BCUT2D eigenvalue weighted by Gasteiger charge is 2.30. The van der Waals surface area contributed by atoms with Crippen molar-refractivity contribution in [3.05, 3.63) is 48.3 Å². The zero-order valence-electron chi connectivity index (χ0n) is 19.0. The molecular weight excluding hydrogens is 384 g/mol. The summed E-state index contributed by atoms with van der Waals surface area (Å²) in [6.07, 6.45) is 15.3. The Labute approximate surface area is 187 Å². The van der Waals surface area contributed by atoms with Crippen molar-refractivity contribution in [2.24, 2.45) is 11.8 Å². The molecule has 1 N–H and O–H groups in total. The third-order valence-electron chi connectivity index (χ3n) is 7.19. The van der Waals surface area contributed by atoms with Crippen molar-refractivity contribution in [3.63, 3.8) is 0 Å². The number of piperidine rings is 1. The first kappa shape index (κ1) is 22.1. The van der Waals surface area contributed by atoms with E-state index in [0.717, 1.165) is 30.1 Å². The molecule has 5 nitrogen and oxygen atoms in total. The van der Waals surface area contributed by atoms with Crippen LogP contribution in [-0.4, -0.2) is 46.3 Å². The maximum absolute atomic E-state index is 13.0. The van der Waals surface area contributed by atoms with Crippen LogP contribution < -0.4 is 5.32 Å². The van der Waals surface area contributed by atoms with Gasteiger partial charge in [0, 0.05) is 37.1 Å². The third-order valence-corrected chi connectivity index (χ3v) is 7.19. The van der Waals surface area contributed by atoms with E-state index in [4.69, 9.17) is 0 Å². The Morgan fingerprint density at radius 2 is 1.97 bits per heavy atom. The minimum Gasteiger partial charge on any atom is -0.349 e. The summed E-state index contributed by atoms with van der Waals surface area (Å²) < 4.78 is 1.81. The van der Waals surface area contributed by atoms with E-state index in [2.05, 4.69) is 22.2 Å². The Balaban J connectivity index is 1.33. The first-order chi connectivity index (χ1) is 15.2. The van der Waals surface area contributed by atoms with Gasteiger partial charge in [-0.05, 0) is 80.8 Å². The van der Waals surface area contributed by atoms with Gasteiger partial charge in [0.05, 0.1) is 5.69 Å². The first-order valence-electron chi connectivity index (χ1n) is 12.4.